The van der Waals surface area contributed by atoms with Gasteiger partial charge < -0.3 is 5.11 Å². The molecule has 1 saturated carbocycles. The topological polar surface area (TPSA) is 20.2 Å². The highest BCUT2D eigenvalue weighted by Crippen LogP contribution is 2.34. The second kappa shape index (κ2) is 2.70. The summed E-state index contributed by atoms with van der Waals surface area (Å²) in [5, 5.41) is 9.16. The summed E-state index contributed by atoms with van der Waals surface area (Å²) in [5.41, 5.74) is 0. The monoisotopic (exact) mass is 128 g/mol. The van der Waals surface area contributed by atoms with E-state index >= 15 is 0 Å². The van der Waals surface area contributed by atoms with Crippen LogP contribution in [0.15, 0.2) is 0 Å². The zero-order valence-electron chi connectivity index (χ0n) is 6.30. The summed E-state index contributed by atoms with van der Waals surface area (Å²) in [6.45, 7) is 4.04. The largest absolute Gasteiger partial charge is 0.393 e. The zero-order chi connectivity index (χ0) is 6.85. The van der Waals surface area contributed by atoms with Gasteiger partial charge in [0.2, 0.25) is 0 Å². The van der Waals surface area contributed by atoms with Crippen molar-refractivity contribution in [2.45, 2.75) is 39.2 Å². The molecule has 9 heavy (non-hydrogen) atoms. The molecule has 54 valence electrons. The molecule has 0 aliphatic heterocycles. The van der Waals surface area contributed by atoms with E-state index in [0.29, 0.717) is 5.92 Å². The van der Waals surface area contributed by atoms with Crippen molar-refractivity contribution in [2.75, 3.05) is 0 Å². The Kier molecular flexibility index (Phi) is 2.12. The Hall–Kier alpha value is -0.0400. The van der Waals surface area contributed by atoms with Crippen LogP contribution in [-0.4, -0.2) is 11.2 Å². The lowest BCUT2D eigenvalue weighted by atomic mass is 9.75. The average molecular weight is 128 g/mol. The normalized spacial score (nSPS) is 27.0. The first-order valence-corrected chi connectivity index (χ1v) is 3.90. The molecule has 1 aliphatic rings. The summed E-state index contributed by atoms with van der Waals surface area (Å²) < 4.78 is 0. The quantitative estimate of drug-likeness (QED) is 0.601. The number of hydrogen-bond acceptors (Lipinski definition) is 1. The van der Waals surface area contributed by atoms with Crippen molar-refractivity contribution in [1.82, 2.24) is 0 Å². The smallest absolute Gasteiger partial charge is 0.0540 e. The van der Waals surface area contributed by atoms with Gasteiger partial charge in [-0.3, -0.25) is 0 Å². The fourth-order valence-corrected chi connectivity index (χ4v) is 1.36. The molecule has 0 radical (unpaired) electrons. The number of aliphatic hydroxyl groups is 1. The molecule has 1 nitrogen and oxygen atoms in total. The summed E-state index contributed by atoms with van der Waals surface area (Å²) in [7, 11) is 0. The van der Waals surface area contributed by atoms with Crippen molar-refractivity contribution in [3.8, 4) is 0 Å². The molecule has 1 rings (SSSR count). The van der Waals surface area contributed by atoms with E-state index in [4.69, 9.17) is 5.11 Å². The molecule has 1 fully saturated rings. The van der Waals surface area contributed by atoms with Gasteiger partial charge in [-0.1, -0.05) is 26.2 Å². The maximum absolute atomic E-state index is 9.16. The Morgan fingerprint density at radius 2 is 1.89 bits per heavy atom. The van der Waals surface area contributed by atoms with E-state index in [1.54, 1.807) is 0 Å². The fourth-order valence-electron chi connectivity index (χ4n) is 1.36. The van der Waals surface area contributed by atoms with Crippen LogP contribution in [-0.2, 0) is 0 Å². The standard InChI is InChI=1S/C8H16O/c1-6(7(2)9)8-4-3-5-8/h6-9H,3-5H2,1-2H3. The van der Waals surface area contributed by atoms with Crippen molar-refractivity contribution in [1.29, 1.82) is 0 Å². The van der Waals surface area contributed by atoms with E-state index < -0.39 is 0 Å². The first-order valence-electron chi connectivity index (χ1n) is 3.90. The molecule has 0 bridgehead atoms. The van der Waals surface area contributed by atoms with Gasteiger partial charge in [0, 0.05) is 0 Å². The van der Waals surface area contributed by atoms with Crippen molar-refractivity contribution < 1.29 is 5.11 Å². The molecule has 0 aromatic rings. The second-order valence-corrected chi connectivity index (χ2v) is 3.29. The van der Waals surface area contributed by atoms with Gasteiger partial charge in [0.05, 0.1) is 6.10 Å². The molecule has 0 aromatic heterocycles. The lowest BCUT2D eigenvalue weighted by Crippen LogP contribution is -2.27. The van der Waals surface area contributed by atoms with Gasteiger partial charge in [-0.05, 0) is 18.8 Å². The minimum Gasteiger partial charge on any atom is -0.393 e. The predicted octanol–water partition coefficient (Wildman–Crippen LogP) is 1.80. The third-order valence-electron chi connectivity index (χ3n) is 2.65. The molecule has 0 aromatic carbocycles. The molecule has 0 heterocycles. The Morgan fingerprint density at radius 1 is 1.33 bits per heavy atom. The third kappa shape index (κ3) is 1.45. The van der Waals surface area contributed by atoms with Gasteiger partial charge in [-0.15, -0.1) is 0 Å². The summed E-state index contributed by atoms with van der Waals surface area (Å²) in [5.74, 6) is 1.35. The van der Waals surface area contributed by atoms with E-state index in [0.717, 1.165) is 5.92 Å². The predicted molar refractivity (Wildman–Crippen MR) is 38.2 cm³/mol. The minimum absolute atomic E-state index is 0.102. The molecule has 1 aliphatic carbocycles. The van der Waals surface area contributed by atoms with Crippen LogP contribution in [0.3, 0.4) is 0 Å². The van der Waals surface area contributed by atoms with Crippen molar-refractivity contribution in [2.24, 2.45) is 11.8 Å². The molecule has 2 unspecified atom stereocenters. The van der Waals surface area contributed by atoms with Crippen LogP contribution < -0.4 is 0 Å². The van der Waals surface area contributed by atoms with Crippen LogP contribution in [0.4, 0.5) is 0 Å². The number of hydrogen-bond donors (Lipinski definition) is 1. The molecule has 0 spiro atoms. The van der Waals surface area contributed by atoms with Gasteiger partial charge in [0.25, 0.3) is 0 Å². The van der Waals surface area contributed by atoms with E-state index in [-0.39, 0.29) is 6.10 Å². The average Bonchev–Trinajstić information content (AvgIpc) is 1.60. The summed E-state index contributed by atoms with van der Waals surface area (Å²) in [4.78, 5) is 0. The van der Waals surface area contributed by atoms with Gasteiger partial charge in [0.15, 0.2) is 0 Å². The molecular weight excluding hydrogens is 112 g/mol. The van der Waals surface area contributed by atoms with Gasteiger partial charge >= 0.3 is 0 Å². The zero-order valence-corrected chi connectivity index (χ0v) is 6.30. The van der Waals surface area contributed by atoms with Gasteiger partial charge in [-0.25, -0.2) is 0 Å². The molecule has 0 amide bonds. The van der Waals surface area contributed by atoms with E-state index in [1.807, 2.05) is 6.92 Å². The lowest BCUT2D eigenvalue weighted by molar-refractivity contribution is 0.0674. The summed E-state index contributed by atoms with van der Waals surface area (Å²) in [6, 6.07) is 0. The first kappa shape index (κ1) is 7.07. The van der Waals surface area contributed by atoms with Gasteiger partial charge in [0.1, 0.15) is 0 Å². The Bertz CT molecular complexity index is 84.6. The van der Waals surface area contributed by atoms with Crippen molar-refractivity contribution >= 4 is 0 Å². The molecule has 0 saturated heterocycles. The first-order chi connectivity index (χ1) is 4.22. The van der Waals surface area contributed by atoms with Gasteiger partial charge in [-0.2, -0.15) is 0 Å². The Balaban J connectivity index is 2.23. The Labute approximate surface area is 57.1 Å². The highest BCUT2D eigenvalue weighted by Gasteiger charge is 2.26. The van der Waals surface area contributed by atoms with Crippen LogP contribution >= 0.6 is 0 Å². The second-order valence-electron chi connectivity index (χ2n) is 3.29. The molecule has 2 atom stereocenters. The van der Waals surface area contributed by atoms with Crippen molar-refractivity contribution in [3.05, 3.63) is 0 Å². The van der Waals surface area contributed by atoms with Crippen LogP contribution in [0.2, 0.25) is 0 Å². The SMILES string of the molecule is CC(O)C(C)C1CCC1. The maximum atomic E-state index is 9.16. The molecular formula is C8H16O. The maximum Gasteiger partial charge on any atom is 0.0540 e. The molecule has 1 heteroatoms. The minimum atomic E-state index is -0.102. The highest BCUT2D eigenvalue weighted by atomic mass is 16.3. The summed E-state index contributed by atoms with van der Waals surface area (Å²) >= 11 is 0. The van der Waals surface area contributed by atoms with Crippen LogP contribution in [0.1, 0.15) is 33.1 Å². The molecule has 1 N–H and O–H groups in total. The Morgan fingerprint density at radius 3 is 2.00 bits per heavy atom. The number of aliphatic hydroxyl groups excluding tert-OH is 1. The number of rotatable bonds is 2. The fraction of sp³-hybridized carbons (Fsp3) is 1.00. The highest BCUT2D eigenvalue weighted by molar-refractivity contribution is 4.77. The van der Waals surface area contributed by atoms with E-state index in [9.17, 15) is 0 Å². The lowest BCUT2D eigenvalue weighted by Gasteiger charge is -2.32. The summed E-state index contributed by atoms with van der Waals surface area (Å²) in [6.07, 6.45) is 3.95. The van der Waals surface area contributed by atoms with E-state index in [2.05, 4.69) is 6.92 Å². The van der Waals surface area contributed by atoms with E-state index in [1.165, 1.54) is 19.3 Å². The van der Waals surface area contributed by atoms with Crippen LogP contribution in [0, 0.1) is 11.8 Å². The van der Waals surface area contributed by atoms with Crippen LogP contribution in [0.25, 0.3) is 0 Å². The third-order valence-corrected chi connectivity index (χ3v) is 2.65. The van der Waals surface area contributed by atoms with Crippen LogP contribution in [0.5, 0.6) is 0 Å². The van der Waals surface area contributed by atoms with Crippen molar-refractivity contribution in [3.63, 3.8) is 0 Å².